The van der Waals surface area contributed by atoms with Crippen molar-refractivity contribution in [3.63, 3.8) is 0 Å². The van der Waals surface area contributed by atoms with E-state index < -0.39 is 0 Å². The van der Waals surface area contributed by atoms with Crippen LogP contribution in [0.2, 0.25) is 0 Å². The summed E-state index contributed by atoms with van der Waals surface area (Å²) in [5, 5.41) is 23.0. The van der Waals surface area contributed by atoms with E-state index in [9.17, 15) is 10.2 Å². The number of aromatic hydroxyl groups is 2. The Balaban J connectivity index is 1.60. The van der Waals surface area contributed by atoms with Gasteiger partial charge in [-0.3, -0.25) is 0 Å². The van der Waals surface area contributed by atoms with E-state index >= 15 is 0 Å². The summed E-state index contributed by atoms with van der Waals surface area (Å²) in [7, 11) is 0. The van der Waals surface area contributed by atoms with Crippen molar-refractivity contribution in [2.24, 2.45) is 0 Å². The highest BCUT2D eigenvalue weighted by atomic mass is 16.5. The quantitative estimate of drug-likeness (QED) is 0.631. The minimum absolute atomic E-state index is 0.0129. The highest BCUT2D eigenvalue weighted by Gasteiger charge is 2.23. The summed E-state index contributed by atoms with van der Waals surface area (Å²) in [5.74, 6) is 1.43. The SMILES string of the molecule is Oc1cc2c(cc1O)C(c1ccc(Oc3ccccc3)cc1)NCC2. The molecule has 0 amide bonds. The molecule has 0 saturated heterocycles. The lowest BCUT2D eigenvalue weighted by Gasteiger charge is -2.28. The van der Waals surface area contributed by atoms with Gasteiger partial charge in [-0.1, -0.05) is 30.3 Å². The van der Waals surface area contributed by atoms with Gasteiger partial charge in [-0.05, 0) is 59.5 Å². The Bertz CT molecular complexity index is 876. The number of phenolic OH excluding ortho intramolecular Hbond substituents is 2. The van der Waals surface area contributed by atoms with Crippen LogP contribution in [-0.2, 0) is 6.42 Å². The van der Waals surface area contributed by atoms with E-state index in [1.807, 2.05) is 54.6 Å². The predicted molar refractivity (Wildman–Crippen MR) is 96.3 cm³/mol. The second kappa shape index (κ2) is 6.49. The zero-order valence-electron chi connectivity index (χ0n) is 13.6. The Morgan fingerprint density at radius 3 is 2.28 bits per heavy atom. The number of hydrogen-bond acceptors (Lipinski definition) is 4. The van der Waals surface area contributed by atoms with E-state index in [0.29, 0.717) is 0 Å². The first-order valence-electron chi connectivity index (χ1n) is 8.32. The molecule has 1 aliphatic rings. The second-order valence-corrected chi connectivity index (χ2v) is 6.16. The van der Waals surface area contributed by atoms with Gasteiger partial charge < -0.3 is 20.3 Å². The fourth-order valence-electron chi connectivity index (χ4n) is 3.23. The highest BCUT2D eigenvalue weighted by molar-refractivity contribution is 5.50. The number of hydrogen-bond donors (Lipinski definition) is 3. The smallest absolute Gasteiger partial charge is 0.157 e. The molecular weight excluding hydrogens is 314 g/mol. The van der Waals surface area contributed by atoms with Crippen molar-refractivity contribution in [1.29, 1.82) is 0 Å². The molecule has 126 valence electrons. The number of fused-ring (bicyclic) bond motifs is 1. The lowest BCUT2D eigenvalue weighted by molar-refractivity contribution is 0.400. The van der Waals surface area contributed by atoms with Gasteiger partial charge in [0.15, 0.2) is 11.5 Å². The van der Waals surface area contributed by atoms with Crippen molar-refractivity contribution in [2.75, 3.05) is 6.54 Å². The Morgan fingerprint density at radius 2 is 1.52 bits per heavy atom. The summed E-state index contributed by atoms with van der Waals surface area (Å²) in [5.41, 5.74) is 3.15. The minimum Gasteiger partial charge on any atom is -0.504 e. The summed E-state index contributed by atoms with van der Waals surface area (Å²) in [6, 6.07) is 20.9. The number of rotatable bonds is 3. The molecule has 0 radical (unpaired) electrons. The molecule has 4 nitrogen and oxygen atoms in total. The number of benzene rings is 3. The summed E-state index contributed by atoms with van der Waals surface area (Å²) in [4.78, 5) is 0. The zero-order valence-corrected chi connectivity index (χ0v) is 13.6. The molecule has 1 heterocycles. The molecule has 1 unspecified atom stereocenters. The van der Waals surface area contributed by atoms with Crippen molar-refractivity contribution in [3.05, 3.63) is 83.4 Å². The monoisotopic (exact) mass is 333 g/mol. The maximum absolute atomic E-state index is 9.85. The lowest BCUT2D eigenvalue weighted by atomic mass is 9.89. The van der Waals surface area contributed by atoms with E-state index in [0.717, 1.165) is 41.2 Å². The number of ether oxygens (including phenoxy) is 1. The normalized spacial score (nSPS) is 16.2. The van der Waals surface area contributed by atoms with Crippen molar-refractivity contribution in [2.45, 2.75) is 12.5 Å². The van der Waals surface area contributed by atoms with Gasteiger partial charge in [-0.2, -0.15) is 0 Å². The summed E-state index contributed by atoms with van der Waals surface area (Å²) in [6.07, 6.45) is 0.828. The van der Waals surface area contributed by atoms with Crippen LogP contribution in [0.4, 0.5) is 0 Å². The Hall–Kier alpha value is -2.98. The highest BCUT2D eigenvalue weighted by Crippen LogP contribution is 2.36. The maximum atomic E-state index is 9.85. The Morgan fingerprint density at radius 1 is 0.840 bits per heavy atom. The van der Waals surface area contributed by atoms with Gasteiger partial charge in [-0.15, -0.1) is 0 Å². The minimum atomic E-state index is -0.0866. The van der Waals surface area contributed by atoms with Crippen molar-refractivity contribution >= 4 is 0 Å². The Labute approximate surface area is 146 Å². The average Bonchev–Trinajstić information content (AvgIpc) is 2.64. The van der Waals surface area contributed by atoms with E-state index in [2.05, 4.69) is 5.32 Å². The largest absolute Gasteiger partial charge is 0.504 e. The van der Waals surface area contributed by atoms with Crippen LogP contribution in [0.3, 0.4) is 0 Å². The van der Waals surface area contributed by atoms with Crippen LogP contribution in [0.5, 0.6) is 23.0 Å². The van der Waals surface area contributed by atoms with Gasteiger partial charge in [0, 0.05) is 6.54 Å². The standard InChI is InChI=1S/C21H19NO3/c23-19-12-15-10-11-22-21(18(15)13-20(19)24)14-6-8-17(9-7-14)25-16-4-2-1-3-5-16/h1-9,12-13,21-24H,10-11H2. The molecule has 3 aromatic carbocycles. The van der Waals surface area contributed by atoms with E-state index in [1.54, 1.807) is 12.1 Å². The zero-order chi connectivity index (χ0) is 17.2. The van der Waals surface area contributed by atoms with Crippen LogP contribution >= 0.6 is 0 Å². The molecule has 0 aliphatic carbocycles. The van der Waals surface area contributed by atoms with Gasteiger partial charge in [0.1, 0.15) is 11.5 Å². The molecule has 0 spiro atoms. The first-order valence-corrected chi connectivity index (χ1v) is 8.32. The van der Waals surface area contributed by atoms with Gasteiger partial charge in [0.05, 0.1) is 6.04 Å². The van der Waals surface area contributed by atoms with Crippen LogP contribution in [0.1, 0.15) is 22.7 Å². The van der Waals surface area contributed by atoms with Gasteiger partial charge in [0.25, 0.3) is 0 Å². The molecule has 4 heteroatoms. The fourth-order valence-corrected chi connectivity index (χ4v) is 3.23. The van der Waals surface area contributed by atoms with Crippen LogP contribution in [0.25, 0.3) is 0 Å². The van der Waals surface area contributed by atoms with E-state index in [4.69, 9.17) is 4.74 Å². The maximum Gasteiger partial charge on any atom is 0.157 e. The molecule has 0 fully saturated rings. The van der Waals surface area contributed by atoms with Crippen molar-refractivity contribution < 1.29 is 14.9 Å². The van der Waals surface area contributed by atoms with E-state index in [-0.39, 0.29) is 17.5 Å². The van der Waals surface area contributed by atoms with Crippen LogP contribution in [0.15, 0.2) is 66.7 Å². The van der Waals surface area contributed by atoms with Crippen molar-refractivity contribution in [1.82, 2.24) is 5.32 Å². The molecule has 3 aromatic rings. The molecule has 0 aromatic heterocycles. The lowest BCUT2D eigenvalue weighted by Crippen LogP contribution is -2.30. The molecule has 25 heavy (non-hydrogen) atoms. The fraction of sp³-hybridized carbons (Fsp3) is 0.143. The summed E-state index contributed by atoms with van der Waals surface area (Å²) < 4.78 is 5.83. The van der Waals surface area contributed by atoms with Crippen LogP contribution in [0, 0.1) is 0 Å². The first-order chi connectivity index (χ1) is 12.2. The molecule has 1 aliphatic heterocycles. The molecule has 1 atom stereocenters. The third-order valence-corrected chi connectivity index (χ3v) is 4.48. The first kappa shape index (κ1) is 15.5. The number of nitrogens with one attached hydrogen (secondary N) is 1. The van der Waals surface area contributed by atoms with Crippen LogP contribution < -0.4 is 10.1 Å². The second-order valence-electron chi connectivity index (χ2n) is 6.16. The van der Waals surface area contributed by atoms with Gasteiger partial charge in [0.2, 0.25) is 0 Å². The molecule has 4 rings (SSSR count). The van der Waals surface area contributed by atoms with Crippen molar-refractivity contribution in [3.8, 4) is 23.0 Å². The predicted octanol–water partition coefficient (Wildman–Crippen LogP) is 4.13. The summed E-state index contributed by atoms with van der Waals surface area (Å²) in [6.45, 7) is 0.824. The molecule has 3 N–H and O–H groups in total. The number of phenols is 2. The average molecular weight is 333 g/mol. The topological polar surface area (TPSA) is 61.7 Å². The van der Waals surface area contributed by atoms with Crippen LogP contribution in [-0.4, -0.2) is 16.8 Å². The molecule has 0 bridgehead atoms. The third-order valence-electron chi connectivity index (χ3n) is 4.48. The molecular formula is C21H19NO3. The molecule has 0 saturated carbocycles. The third kappa shape index (κ3) is 3.16. The number of para-hydroxylation sites is 1. The van der Waals surface area contributed by atoms with Gasteiger partial charge in [-0.25, -0.2) is 0 Å². The van der Waals surface area contributed by atoms with E-state index in [1.165, 1.54) is 0 Å². The Kier molecular flexibility index (Phi) is 4.04. The summed E-state index contributed by atoms with van der Waals surface area (Å²) >= 11 is 0. The van der Waals surface area contributed by atoms with Gasteiger partial charge >= 0.3 is 0 Å².